The first-order valence-electron chi connectivity index (χ1n) is 7.29. The highest BCUT2D eigenvalue weighted by molar-refractivity contribution is 5.89. The van der Waals surface area contributed by atoms with Crippen molar-refractivity contribution in [3.05, 3.63) is 40.0 Å². The van der Waals surface area contributed by atoms with E-state index < -0.39 is 0 Å². The molecule has 0 bridgehead atoms. The van der Waals surface area contributed by atoms with Crippen molar-refractivity contribution in [2.45, 2.75) is 19.4 Å². The fourth-order valence-corrected chi connectivity index (χ4v) is 2.95. The van der Waals surface area contributed by atoms with Gasteiger partial charge in [-0.2, -0.15) is 0 Å². The summed E-state index contributed by atoms with van der Waals surface area (Å²) in [6, 6.07) is 5.08. The standard InChI is InChI=1S/C16H19N5O/c1-16(2)10-21(8-7-18-16)12-9-14(22)20(4)11-5-6-13(17-3)19-15(11)12/h5-6,9,18H,7-8,10H2,1-2,4H3. The molecule has 1 N–H and O–H groups in total. The molecule has 0 atom stereocenters. The Hall–Kier alpha value is -2.39. The molecular weight excluding hydrogens is 278 g/mol. The first kappa shape index (κ1) is 14.5. The summed E-state index contributed by atoms with van der Waals surface area (Å²) < 4.78 is 1.58. The predicted octanol–water partition coefficient (Wildman–Crippen LogP) is 1.67. The first-order chi connectivity index (χ1) is 10.4. The number of nitrogens with one attached hydrogen (secondary N) is 1. The van der Waals surface area contributed by atoms with E-state index >= 15 is 0 Å². The van der Waals surface area contributed by atoms with Crippen LogP contribution in [0.1, 0.15) is 13.8 Å². The number of aryl methyl sites for hydroxylation is 1. The van der Waals surface area contributed by atoms with E-state index in [9.17, 15) is 4.79 Å². The number of rotatable bonds is 1. The lowest BCUT2D eigenvalue weighted by Gasteiger charge is -2.40. The molecule has 1 aliphatic heterocycles. The van der Waals surface area contributed by atoms with Gasteiger partial charge in [-0.1, -0.05) is 6.57 Å². The van der Waals surface area contributed by atoms with Gasteiger partial charge in [-0.3, -0.25) is 4.79 Å². The molecule has 1 saturated heterocycles. The van der Waals surface area contributed by atoms with Crippen LogP contribution in [-0.4, -0.2) is 34.7 Å². The molecule has 0 radical (unpaired) electrons. The molecule has 1 fully saturated rings. The molecule has 2 aromatic heterocycles. The third-order valence-electron chi connectivity index (χ3n) is 4.08. The molecule has 114 valence electrons. The van der Waals surface area contributed by atoms with Crippen LogP contribution in [0.5, 0.6) is 0 Å². The van der Waals surface area contributed by atoms with Crippen molar-refractivity contribution in [1.29, 1.82) is 0 Å². The second-order valence-corrected chi connectivity index (χ2v) is 6.31. The lowest BCUT2D eigenvalue weighted by atomic mass is 10.0. The van der Waals surface area contributed by atoms with Gasteiger partial charge in [0, 0.05) is 38.3 Å². The molecule has 0 aliphatic carbocycles. The molecular formula is C16H19N5O. The fraction of sp³-hybridized carbons (Fsp3) is 0.438. The average molecular weight is 297 g/mol. The molecule has 6 nitrogen and oxygen atoms in total. The maximum atomic E-state index is 12.2. The van der Waals surface area contributed by atoms with E-state index in [0.29, 0.717) is 11.3 Å². The smallest absolute Gasteiger partial charge is 0.270 e. The number of anilines is 1. The summed E-state index contributed by atoms with van der Waals surface area (Å²) in [6.45, 7) is 13.9. The van der Waals surface area contributed by atoms with Crippen LogP contribution < -0.4 is 15.8 Å². The largest absolute Gasteiger partial charge is 0.365 e. The van der Waals surface area contributed by atoms with E-state index in [1.807, 2.05) is 0 Å². The Balaban J connectivity index is 2.22. The second-order valence-electron chi connectivity index (χ2n) is 6.31. The third kappa shape index (κ3) is 2.44. The molecule has 0 amide bonds. The van der Waals surface area contributed by atoms with Gasteiger partial charge in [-0.15, -0.1) is 4.98 Å². The molecule has 22 heavy (non-hydrogen) atoms. The van der Waals surface area contributed by atoms with E-state index in [-0.39, 0.29) is 11.1 Å². The van der Waals surface area contributed by atoms with E-state index in [2.05, 4.69) is 33.9 Å². The summed E-state index contributed by atoms with van der Waals surface area (Å²) in [5.41, 5.74) is 2.21. The van der Waals surface area contributed by atoms with E-state index in [0.717, 1.165) is 30.8 Å². The van der Waals surface area contributed by atoms with Gasteiger partial charge in [0.1, 0.15) is 0 Å². The van der Waals surface area contributed by atoms with Crippen molar-refractivity contribution in [3.63, 3.8) is 0 Å². The minimum atomic E-state index is -0.0591. The minimum Gasteiger partial charge on any atom is -0.365 e. The lowest BCUT2D eigenvalue weighted by molar-refractivity contribution is 0.353. The topological polar surface area (TPSA) is 54.5 Å². The van der Waals surface area contributed by atoms with Gasteiger partial charge in [-0.05, 0) is 26.0 Å². The van der Waals surface area contributed by atoms with Crippen molar-refractivity contribution >= 4 is 22.5 Å². The minimum absolute atomic E-state index is 0.0247. The maximum absolute atomic E-state index is 12.2. The average Bonchev–Trinajstić information content (AvgIpc) is 2.49. The van der Waals surface area contributed by atoms with Gasteiger partial charge < -0.3 is 19.6 Å². The van der Waals surface area contributed by atoms with Gasteiger partial charge in [0.15, 0.2) is 0 Å². The number of aromatic nitrogens is 2. The van der Waals surface area contributed by atoms with Gasteiger partial charge >= 0.3 is 0 Å². The Kier molecular flexibility index (Phi) is 3.38. The number of hydrogen-bond donors (Lipinski definition) is 1. The molecule has 3 heterocycles. The van der Waals surface area contributed by atoms with Crippen LogP contribution in [0.4, 0.5) is 11.5 Å². The van der Waals surface area contributed by atoms with Crippen LogP contribution in [0.25, 0.3) is 15.9 Å². The fourth-order valence-electron chi connectivity index (χ4n) is 2.95. The number of nitrogens with zero attached hydrogens (tertiary/aromatic N) is 4. The first-order valence-corrected chi connectivity index (χ1v) is 7.29. The highest BCUT2D eigenvalue weighted by Crippen LogP contribution is 2.27. The number of piperazine rings is 1. The molecule has 6 heteroatoms. The zero-order chi connectivity index (χ0) is 15.9. The van der Waals surface area contributed by atoms with Crippen LogP contribution in [0.3, 0.4) is 0 Å². The molecule has 3 rings (SSSR count). The Labute approximate surface area is 129 Å². The van der Waals surface area contributed by atoms with Crippen molar-refractivity contribution < 1.29 is 0 Å². The molecule has 0 aromatic carbocycles. The second kappa shape index (κ2) is 5.11. The number of pyridine rings is 2. The Morgan fingerprint density at radius 2 is 2.18 bits per heavy atom. The highest BCUT2D eigenvalue weighted by atomic mass is 16.1. The third-order valence-corrected chi connectivity index (χ3v) is 4.08. The molecule has 0 saturated carbocycles. The van der Waals surface area contributed by atoms with Gasteiger partial charge in [0.05, 0.1) is 11.2 Å². The molecule has 0 spiro atoms. The zero-order valence-electron chi connectivity index (χ0n) is 13.1. The Bertz CT molecular complexity index is 831. The summed E-state index contributed by atoms with van der Waals surface area (Å²) in [5, 5.41) is 3.46. The summed E-state index contributed by atoms with van der Waals surface area (Å²) in [5.74, 6) is 0.349. The molecule has 2 aromatic rings. The summed E-state index contributed by atoms with van der Waals surface area (Å²) >= 11 is 0. The maximum Gasteiger partial charge on any atom is 0.270 e. The van der Waals surface area contributed by atoms with Crippen LogP contribution in [0.15, 0.2) is 23.0 Å². The SMILES string of the molecule is [C-]#[N+]c1ccc2c(n1)c(N1CCNC(C)(C)C1)cc(=O)n2C. The normalized spacial score (nSPS) is 17.5. The van der Waals surface area contributed by atoms with Crippen molar-refractivity contribution in [2.75, 3.05) is 24.5 Å². The van der Waals surface area contributed by atoms with Crippen molar-refractivity contribution in [2.24, 2.45) is 7.05 Å². The van der Waals surface area contributed by atoms with Crippen LogP contribution in [0.2, 0.25) is 0 Å². The van der Waals surface area contributed by atoms with Gasteiger partial charge in [0.2, 0.25) is 5.52 Å². The Morgan fingerprint density at radius 1 is 1.41 bits per heavy atom. The number of fused-ring (bicyclic) bond motifs is 1. The van der Waals surface area contributed by atoms with Gasteiger partial charge in [0.25, 0.3) is 11.4 Å². The predicted molar refractivity (Wildman–Crippen MR) is 87.5 cm³/mol. The van der Waals surface area contributed by atoms with E-state index in [4.69, 9.17) is 6.57 Å². The van der Waals surface area contributed by atoms with Crippen LogP contribution in [0, 0.1) is 6.57 Å². The number of hydrogen-bond acceptors (Lipinski definition) is 4. The molecule has 0 unspecified atom stereocenters. The monoisotopic (exact) mass is 297 g/mol. The van der Waals surface area contributed by atoms with E-state index in [1.54, 1.807) is 29.8 Å². The lowest BCUT2D eigenvalue weighted by Crippen LogP contribution is -2.57. The van der Waals surface area contributed by atoms with Crippen LogP contribution >= 0.6 is 0 Å². The summed E-state index contributed by atoms with van der Waals surface area (Å²) in [7, 11) is 1.73. The van der Waals surface area contributed by atoms with Crippen molar-refractivity contribution in [3.8, 4) is 0 Å². The summed E-state index contributed by atoms with van der Waals surface area (Å²) in [4.78, 5) is 22.3. The molecule has 1 aliphatic rings. The van der Waals surface area contributed by atoms with Crippen LogP contribution in [-0.2, 0) is 7.05 Å². The summed E-state index contributed by atoms with van der Waals surface area (Å²) in [6.07, 6.45) is 0. The van der Waals surface area contributed by atoms with E-state index in [1.165, 1.54) is 0 Å². The van der Waals surface area contributed by atoms with Gasteiger partial charge in [-0.25, -0.2) is 0 Å². The highest BCUT2D eigenvalue weighted by Gasteiger charge is 2.28. The zero-order valence-corrected chi connectivity index (χ0v) is 13.1. The quantitative estimate of drug-likeness (QED) is 0.814. The van der Waals surface area contributed by atoms with Crippen molar-refractivity contribution in [1.82, 2.24) is 14.9 Å². The Morgan fingerprint density at radius 3 is 2.86 bits per heavy atom.